The third-order valence-corrected chi connectivity index (χ3v) is 4.13. The standard InChI is InChI=1S/C18H18N2O2/c1-3-14-10-13(11-19-12(14)2)8-9-20-17(21)15-6-4-5-7-16(15)18(20)22/h4-7,10-11H,3,8-9H2,1-2H3. The quantitative estimate of drug-likeness (QED) is 0.815. The highest BCUT2D eigenvalue weighted by atomic mass is 16.2. The van der Waals surface area contributed by atoms with Crippen LogP contribution in [-0.2, 0) is 12.8 Å². The fraction of sp³-hybridized carbons (Fsp3) is 0.278. The summed E-state index contributed by atoms with van der Waals surface area (Å²) in [6.07, 6.45) is 3.39. The van der Waals surface area contributed by atoms with Crippen LogP contribution in [-0.4, -0.2) is 28.2 Å². The molecule has 0 saturated heterocycles. The fourth-order valence-electron chi connectivity index (χ4n) is 2.81. The number of carbonyl (C=O) groups is 2. The Balaban J connectivity index is 1.76. The molecular formula is C18H18N2O2. The Labute approximate surface area is 129 Å². The van der Waals surface area contributed by atoms with Gasteiger partial charge in [0.2, 0.25) is 0 Å². The minimum absolute atomic E-state index is 0.198. The average Bonchev–Trinajstić information content (AvgIpc) is 2.79. The summed E-state index contributed by atoms with van der Waals surface area (Å²) in [5, 5.41) is 0. The number of imide groups is 1. The molecule has 2 amide bonds. The Morgan fingerprint density at radius 2 is 1.73 bits per heavy atom. The summed E-state index contributed by atoms with van der Waals surface area (Å²) >= 11 is 0. The number of amides is 2. The lowest BCUT2D eigenvalue weighted by molar-refractivity contribution is 0.0656. The van der Waals surface area contributed by atoms with Gasteiger partial charge in [-0.15, -0.1) is 0 Å². The number of aryl methyl sites for hydroxylation is 2. The highest BCUT2D eigenvalue weighted by Crippen LogP contribution is 2.22. The van der Waals surface area contributed by atoms with Crippen molar-refractivity contribution < 1.29 is 9.59 Å². The van der Waals surface area contributed by atoms with E-state index in [-0.39, 0.29) is 11.8 Å². The summed E-state index contributed by atoms with van der Waals surface area (Å²) in [4.78, 5) is 30.3. The first-order valence-corrected chi connectivity index (χ1v) is 7.51. The van der Waals surface area contributed by atoms with Gasteiger partial charge in [-0.3, -0.25) is 19.5 Å². The molecule has 0 atom stereocenters. The number of hydrogen-bond acceptors (Lipinski definition) is 3. The maximum absolute atomic E-state index is 12.3. The molecule has 2 heterocycles. The fourth-order valence-corrected chi connectivity index (χ4v) is 2.81. The molecule has 0 fully saturated rings. The second kappa shape index (κ2) is 5.72. The van der Waals surface area contributed by atoms with Crippen LogP contribution in [0.1, 0.15) is 44.5 Å². The topological polar surface area (TPSA) is 50.3 Å². The van der Waals surface area contributed by atoms with Gasteiger partial charge in [0.05, 0.1) is 11.1 Å². The Kier molecular flexibility index (Phi) is 3.75. The number of carbonyl (C=O) groups excluding carboxylic acids is 2. The van der Waals surface area contributed by atoms with Crippen molar-refractivity contribution in [1.82, 2.24) is 9.88 Å². The van der Waals surface area contributed by atoms with Crippen LogP contribution in [0.4, 0.5) is 0 Å². The van der Waals surface area contributed by atoms with E-state index >= 15 is 0 Å². The average molecular weight is 294 g/mol. The molecule has 0 saturated carbocycles. The number of hydrogen-bond donors (Lipinski definition) is 0. The first-order chi connectivity index (χ1) is 10.6. The lowest BCUT2D eigenvalue weighted by Gasteiger charge is -2.14. The Hall–Kier alpha value is -2.49. The molecule has 0 bridgehead atoms. The van der Waals surface area contributed by atoms with E-state index in [4.69, 9.17) is 0 Å². The van der Waals surface area contributed by atoms with E-state index in [1.54, 1.807) is 24.3 Å². The second-order valence-electron chi connectivity index (χ2n) is 5.50. The van der Waals surface area contributed by atoms with E-state index < -0.39 is 0 Å². The Bertz CT molecular complexity index is 718. The smallest absolute Gasteiger partial charge is 0.261 e. The van der Waals surface area contributed by atoms with Crippen LogP contribution >= 0.6 is 0 Å². The van der Waals surface area contributed by atoms with Gasteiger partial charge in [0.25, 0.3) is 11.8 Å². The molecule has 3 rings (SSSR count). The van der Waals surface area contributed by atoms with E-state index in [0.29, 0.717) is 24.1 Å². The van der Waals surface area contributed by atoms with Crippen molar-refractivity contribution >= 4 is 11.8 Å². The second-order valence-corrected chi connectivity index (χ2v) is 5.50. The third kappa shape index (κ3) is 2.41. The molecule has 0 N–H and O–H groups in total. The van der Waals surface area contributed by atoms with Crippen molar-refractivity contribution in [2.24, 2.45) is 0 Å². The summed E-state index contributed by atoms with van der Waals surface area (Å²) in [6.45, 7) is 4.48. The number of pyridine rings is 1. The lowest BCUT2D eigenvalue weighted by atomic mass is 10.1. The normalized spacial score (nSPS) is 13.6. The molecule has 4 nitrogen and oxygen atoms in total. The zero-order valence-corrected chi connectivity index (χ0v) is 12.8. The van der Waals surface area contributed by atoms with Crippen molar-refractivity contribution in [2.45, 2.75) is 26.7 Å². The molecular weight excluding hydrogens is 276 g/mol. The molecule has 1 aliphatic heterocycles. The SMILES string of the molecule is CCc1cc(CCN2C(=O)c3ccccc3C2=O)cnc1C. The van der Waals surface area contributed by atoms with Crippen LogP contribution in [0.5, 0.6) is 0 Å². The molecule has 112 valence electrons. The molecule has 4 heteroatoms. The zero-order valence-electron chi connectivity index (χ0n) is 12.8. The van der Waals surface area contributed by atoms with Gasteiger partial charge in [-0.1, -0.05) is 25.1 Å². The Morgan fingerprint density at radius 3 is 2.32 bits per heavy atom. The van der Waals surface area contributed by atoms with Crippen LogP contribution in [0.3, 0.4) is 0 Å². The van der Waals surface area contributed by atoms with Gasteiger partial charge in [0, 0.05) is 18.4 Å². The minimum Gasteiger partial charge on any atom is -0.274 e. The third-order valence-electron chi connectivity index (χ3n) is 4.13. The summed E-state index contributed by atoms with van der Waals surface area (Å²) < 4.78 is 0. The zero-order chi connectivity index (χ0) is 15.7. The van der Waals surface area contributed by atoms with Crippen LogP contribution < -0.4 is 0 Å². The van der Waals surface area contributed by atoms with E-state index in [0.717, 1.165) is 17.7 Å². The van der Waals surface area contributed by atoms with Gasteiger partial charge in [-0.05, 0) is 43.0 Å². The van der Waals surface area contributed by atoms with E-state index in [9.17, 15) is 9.59 Å². The maximum atomic E-state index is 12.3. The van der Waals surface area contributed by atoms with Crippen molar-refractivity contribution in [3.63, 3.8) is 0 Å². The predicted octanol–water partition coefficient (Wildman–Crippen LogP) is 2.79. The first kappa shape index (κ1) is 14.4. The molecule has 0 spiro atoms. The molecule has 0 unspecified atom stereocenters. The summed E-state index contributed by atoms with van der Waals surface area (Å²) in [5.41, 5.74) is 4.30. The van der Waals surface area contributed by atoms with Crippen molar-refractivity contribution in [2.75, 3.05) is 6.54 Å². The van der Waals surface area contributed by atoms with E-state index in [1.807, 2.05) is 13.1 Å². The number of nitrogens with zero attached hydrogens (tertiary/aromatic N) is 2. The number of fused-ring (bicyclic) bond motifs is 1. The molecule has 1 aromatic heterocycles. The summed E-state index contributed by atoms with van der Waals surface area (Å²) in [5.74, 6) is -0.396. The van der Waals surface area contributed by atoms with E-state index in [2.05, 4.69) is 18.0 Å². The van der Waals surface area contributed by atoms with Crippen LogP contribution in [0.25, 0.3) is 0 Å². The predicted molar refractivity (Wildman–Crippen MR) is 83.9 cm³/mol. The largest absolute Gasteiger partial charge is 0.274 e. The highest BCUT2D eigenvalue weighted by molar-refractivity contribution is 6.21. The van der Waals surface area contributed by atoms with Crippen LogP contribution in [0.2, 0.25) is 0 Å². The van der Waals surface area contributed by atoms with Gasteiger partial charge in [0.15, 0.2) is 0 Å². The number of benzene rings is 1. The molecule has 0 radical (unpaired) electrons. The van der Waals surface area contributed by atoms with Gasteiger partial charge in [-0.2, -0.15) is 0 Å². The van der Waals surface area contributed by atoms with E-state index in [1.165, 1.54) is 10.5 Å². The van der Waals surface area contributed by atoms with Gasteiger partial charge < -0.3 is 0 Å². The van der Waals surface area contributed by atoms with Crippen LogP contribution in [0, 0.1) is 6.92 Å². The van der Waals surface area contributed by atoms with Gasteiger partial charge in [0.1, 0.15) is 0 Å². The molecule has 0 aliphatic carbocycles. The minimum atomic E-state index is -0.198. The Morgan fingerprint density at radius 1 is 1.09 bits per heavy atom. The maximum Gasteiger partial charge on any atom is 0.261 e. The molecule has 1 aliphatic rings. The van der Waals surface area contributed by atoms with Crippen molar-refractivity contribution in [3.05, 3.63) is 64.5 Å². The van der Waals surface area contributed by atoms with Gasteiger partial charge >= 0.3 is 0 Å². The van der Waals surface area contributed by atoms with Crippen molar-refractivity contribution in [1.29, 1.82) is 0 Å². The lowest BCUT2D eigenvalue weighted by Crippen LogP contribution is -2.31. The number of rotatable bonds is 4. The first-order valence-electron chi connectivity index (χ1n) is 7.51. The van der Waals surface area contributed by atoms with Crippen LogP contribution in [0.15, 0.2) is 36.5 Å². The molecule has 22 heavy (non-hydrogen) atoms. The molecule has 2 aromatic rings. The van der Waals surface area contributed by atoms with Crippen molar-refractivity contribution in [3.8, 4) is 0 Å². The monoisotopic (exact) mass is 294 g/mol. The summed E-state index contributed by atoms with van der Waals surface area (Å²) in [7, 11) is 0. The number of aromatic nitrogens is 1. The summed E-state index contributed by atoms with van der Waals surface area (Å²) in [6, 6.07) is 9.09. The molecule has 1 aromatic carbocycles. The van der Waals surface area contributed by atoms with Gasteiger partial charge in [-0.25, -0.2) is 0 Å². The highest BCUT2D eigenvalue weighted by Gasteiger charge is 2.34.